The Balaban J connectivity index is 0.00000132. The standard InChI is InChI=1S/C16H22N2O2.ClH/c1-12-14-3-2-6-17(14)7-8-18(12)10-13-4-5-15-16(9-13)20-11-19-15;/h4-5,9,12,14H,2-3,6-8,10-11H2,1H3;1H. The summed E-state index contributed by atoms with van der Waals surface area (Å²) in [6, 6.07) is 7.75. The van der Waals surface area contributed by atoms with Crippen LogP contribution in [0.2, 0.25) is 0 Å². The highest BCUT2D eigenvalue weighted by Crippen LogP contribution is 2.34. The maximum absolute atomic E-state index is 5.48. The van der Waals surface area contributed by atoms with Crippen LogP contribution in [0.1, 0.15) is 25.3 Å². The third-order valence-corrected chi connectivity index (χ3v) is 5.04. The molecule has 5 heteroatoms. The minimum Gasteiger partial charge on any atom is -0.454 e. The molecule has 21 heavy (non-hydrogen) atoms. The predicted molar refractivity (Wildman–Crippen MR) is 84.3 cm³/mol. The highest BCUT2D eigenvalue weighted by molar-refractivity contribution is 5.85. The Morgan fingerprint density at radius 2 is 2.00 bits per heavy atom. The van der Waals surface area contributed by atoms with Crippen molar-refractivity contribution in [2.24, 2.45) is 0 Å². The molecule has 116 valence electrons. The molecule has 3 aliphatic rings. The molecule has 1 aromatic rings. The van der Waals surface area contributed by atoms with Gasteiger partial charge in [0.15, 0.2) is 11.5 Å². The van der Waals surface area contributed by atoms with E-state index in [9.17, 15) is 0 Å². The number of ether oxygens (including phenoxy) is 2. The summed E-state index contributed by atoms with van der Waals surface area (Å²) in [5.74, 6) is 1.78. The number of hydrogen-bond donors (Lipinski definition) is 0. The Hall–Kier alpha value is -0.970. The van der Waals surface area contributed by atoms with Crippen LogP contribution < -0.4 is 9.47 Å². The summed E-state index contributed by atoms with van der Waals surface area (Å²) in [5.41, 5.74) is 1.33. The second-order valence-electron chi connectivity index (χ2n) is 6.14. The zero-order chi connectivity index (χ0) is 13.5. The second kappa shape index (κ2) is 6.03. The van der Waals surface area contributed by atoms with E-state index in [1.807, 2.05) is 6.07 Å². The summed E-state index contributed by atoms with van der Waals surface area (Å²) in [6.07, 6.45) is 2.73. The number of fused-ring (bicyclic) bond motifs is 2. The van der Waals surface area contributed by atoms with Gasteiger partial charge in [-0.3, -0.25) is 9.80 Å². The fourth-order valence-electron chi connectivity index (χ4n) is 3.88. The lowest BCUT2D eigenvalue weighted by Crippen LogP contribution is -2.55. The van der Waals surface area contributed by atoms with Crippen LogP contribution in [-0.4, -0.2) is 48.3 Å². The Kier molecular flexibility index (Phi) is 4.29. The van der Waals surface area contributed by atoms with Gasteiger partial charge in [0.1, 0.15) is 0 Å². The van der Waals surface area contributed by atoms with Gasteiger partial charge in [-0.25, -0.2) is 0 Å². The molecule has 0 aliphatic carbocycles. The number of piperazine rings is 1. The van der Waals surface area contributed by atoms with Crippen molar-refractivity contribution in [2.45, 2.75) is 38.4 Å². The molecule has 2 fully saturated rings. The van der Waals surface area contributed by atoms with Crippen molar-refractivity contribution in [2.75, 3.05) is 26.4 Å². The van der Waals surface area contributed by atoms with Crippen LogP contribution in [-0.2, 0) is 6.54 Å². The summed E-state index contributed by atoms with van der Waals surface area (Å²) in [5, 5.41) is 0. The summed E-state index contributed by atoms with van der Waals surface area (Å²) in [4.78, 5) is 5.28. The Labute approximate surface area is 132 Å². The number of hydrogen-bond acceptors (Lipinski definition) is 4. The van der Waals surface area contributed by atoms with Gasteiger partial charge in [-0.15, -0.1) is 12.4 Å². The number of rotatable bonds is 2. The Morgan fingerprint density at radius 1 is 1.14 bits per heavy atom. The van der Waals surface area contributed by atoms with Gasteiger partial charge >= 0.3 is 0 Å². The van der Waals surface area contributed by atoms with E-state index >= 15 is 0 Å². The van der Waals surface area contributed by atoms with Crippen LogP contribution in [0.3, 0.4) is 0 Å². The molecule has 0 amide bonds. The zero-order valence-electron chi connectivity index (χ0n) is 12.5. The zero-order valence-corrected chi connectivity index (χ0v) is 13.3. The molecule has 0 N–H and O–H groups in total. The minimum absolute atomic E-state index is 0. The average Bonchev–Trinajstić information content (AvgIpc) is 3.10. The van der Waals surface area contributed by atoms with E-state index in [1.54, 1.807) is 0 Å². The quantitative estimate of drug-likeness (QED) is 0.838. The molecular weight excluding hydrogens is 288 g/mol. The molecular formula is C16H23ClN2O2. The largest absolute Gasteiger partial charge is 0.454 e. The van der Waals surface area contributed by atoms with Crippen LogP contribution in [0.25, 0.3) is 0 Å². The van der Waals surface area contributed by atoms with E-state index in [0.29, 0.717) is 12.8 Å². The molecule has 4 rings (SSSR count). The van der Waals surface area contributed by atoms with Crippen molar-refractivity contribution < 1.29 is 9.47 Å². The van der Waals surface area contributed by atoms with Crippen molar-refractivity contribution in [3.8, 4) is 11.5 Å². The van der Waals surface area contributed by atoms with Crippen LogP contribution in [0.15, 0.2) is 18.2 Å². The normalized spacial score (nSPS) is 28.2. The Morgan fingerprint density at radius 3 is 2.90 bits per heavy atom. The maximum Gasteiger partial charge on any atom is 0.231 e. The van der Waals surface area contributed by atoms with Gasteiger partial charge in [-0.05, 0) is 44.0 Å². The summed E-state index contributed by atoms with van der Waals surface area (Å²) >= 11 is 0. The van der Waals surface area contributed by atoms with Crippen LogP contribution in [0, 0.1) is 0 Å². The summed E-state index contributed by atoms with van der Waals surface area (Å²) in [6.45, 7) is 7.45. The van der Waals surface area contributed by atoms with E-state index in [4.69, 9.17) is 9.47 Å². The number of benzene rings is 1. The van der Waals surface area contributed by atoms with Crippen molar-refractivity contribution in [3.63, 3.8) is 0 Å². The van der Waals surface area contributed by atoms with Gasteiger partial charge in [0.25, 0.3) is 0 Å². The molecule has 0 spiro atoms. The highest BCUT2D eigenvalue weighted by atomic mass is 35.5. The van der Waals surface area contributed by atoms with E-state index in [2.05, 4.69) is 28.9 Å². The molecule has 1 aromatic carbocycles. The lowest BCUT2D eigenvalue weighted by molar-refractivity contribution is 0.0470. The van der Waals surface area contributed by atoms with Crippen molar-refractivity contribution >= 4 is 12.4 Å². The molecule has 0 radical (unpaired) electrons. The van der Waals surface area contributed by atoms with Gasteiger partial charge in [-0.1, -0.05) is 6.07 Å². The first-order valence-corrected chi connectivity index (χ1v) is 7.68. The Bertz CT molecular complexity index is 511. The molecule has 2 unspecified atom stereocenters. The van der Waals surface area contributed by atoms with E-state index in [1.165, 1.54) is 38.0 Å². The first kappa shape index (κ1) is 14.9. The molecule has 3 aliphatic heterocycles. The minimum atomic E-state index is 0. The molecule has 4 nitrogen and oxygen atoms in total. The summed E-state index contributed by atoms with van der Waals surface area (Å²) in [7, 11) is 0. The van der Waals surface area contributed by atoms with Gasteiger partial charge in [0, 0.05) is 31.7 Å². The molecule has 3 heterocycles. The molecule has 2 atom stereocenters. The van der Waals surface area contributed by atoms with Gasteiger partial charge < -0.3 is 9.47 Å². The van der Waals surface area contributed by atoms with Crippen LogP contribution in [0.4, 0.5) is 0 Å². The van der Waals surface area contributed by atoms with E-state index in [0.717, 1.165) is 24.1 Å². The van der Waals surface area contributed by atoms with Crippen molar-refractivity contribution in [1.29, 1.82) is 0 Å². The fourth-order valence-corrected chi connectivity index (χ4v) is 3.88. The van der Waals surface area contributed by atoms with Gasteiger partial charge in [0.05, 0.1) is 0 Å². The number of nitrogens with zero attached hydrogens (tertiary/aromatic N) is 2. The number of halogens is 1. The van der Waals surface area contributed by atoms with Gasteiger partial charge in [0.2, 0.25) is 6.79 Å². The van der Waals surface area contributed by atoms with Gasteiger partial charge in [-0.2, -0.15) is 0 Å². The molecule has 0 bridgehead atoms. The summed E-state index contributed by atoms with van der Waals surface area (Å²) < 4.78 is 10.9. The maximum atomic E-state index is 5.48. The molecule has 2 saturated heterocycles. The average molecular weight is 311 g/mol. The predicted octanol–water partition coefficient (Wildman–Crippen LogP) is 2.51. The first-order valence-electron chi connectivity index (χ1n) is 7.68. The fraction of sp³-hybridized carbons (Fsp3) is 0.625. The van der Waals surface area contributed by atoms with Crippen LogP contribution in [0.5, 0.6) is 11.5 Å². The topological polar surface area (TPSA) is 24.9 Å². The third-order valence-electron chi connectivity index (χ3n) is 5.04. The smallest absolute Gasteiger partial charge is 0.231 e. The monoisotopic (exact) mass is 310 g/mol. The second-order valence-corrected chi connectivity index (χ2v) is 6.14. The SMILES string of the molecule is CC1C2CCCN2CCN1Cc1ccc2c(c1)OCO2.Cl. The lowest BCUT2D eigenvalue weighted by Gasteiger charge is -2.43. The van der Waals surface area contributed by atoms with Crippen molar-refractivity contribution in [1.82, 2.24) is 9.80 Å². The molecule has 0 saturated carbocycles. The molecule has 0 aromatic heterocycles. The van der Waals surface area contributed by atoms with Crippen LogP contribution >= 0.6 is 12.4 Å². The van der Waals surface area contributed by atoms with E-state index in [-0.39, 0.29) is 12.4 Å². The first-order chi connectivity index (χ1) is 9.81. The van der Waals surface area contributed by atoms with E-state index < -0.39 is 0 Å². The highest BCUT2D eigenvalue weighted by Gasteiger charge is 2.36. The third kappa shape index (κ3) is 2.72. The van der Waals surface area contributed by atoms with Crippen molar-refractivity contribution in [3.05, 3.63) is 23.8 Å². The lowest BCUT2D eigenvalue weighted by atomic mass is 10.0.